The van der Waals surface area contributed by atoms with Crippen LogP contribution in [0.25, 0.3) is 0 Å². The average Bonchev–Trinajstić information content (AvgIpc) is 2.54. The first-order chi connectivity index (χ1) is 12.4. The first kappa shape index (κ1) is 25.9. The number of rotatable bonds is 15. The summed E-state index contributed by atoms with van der Waals surface area (Å²) in [6.45, 7) is 9.28. The molecule has 0 spiro atoms. The molecule has 6 nitrogen and oxygen atoms in total. The molecule has 0 saturated carbocycles. The van der Waals surface area contributed by atoms with E-state index in [0.29, 0.717) is 51.6 Å². The molecular formula is C21H40O6. The van der Waals surface area contributed by atoms with E-state index >= 15 is 0 Å². The van der Waals surface area contributed by atoms with Crippen LogP contribution in [-0.4, -0.2) is 46.1 Å². The van der Waals surface area contributed by atoms with Crippen molar-refractivity contribution in [3.63, 3.8) is 0 Å². The van der Waals surface area contributed by atoms with Gasteiger partial charge < -0.3 is 20.1 Å². The van der Waals surface area contributed by atoms with Crippen molar-refractivity contribution >= 4 is 11.9 Å². The number of aliphatic hydroxyl groups excluding tert-OH is 2. The van der Waals surface area contributed by atoms with Gasteiger partial charge in [-0.05, 0) is 92.4 Å². The molecule has 2 atom stereocenters. The van der Waals surface area contributed by atoms with Gasteiger partial charge in [0.2, 0.25) is 0 Å². The second-order valence-electron chi connectivity index (χ2n) is 8.82. The van der Waals surface area contributed by atoms with Crippen LogP contribution in [0, 0.1) is 10.8 Å². The van der Waals surface area contributed by atoms with Crippen molar-refractivity contribution in [2.75, 3.05) is 6.61 Å². The van der Waals surface area contributed by atoms with Crippen molar-refractivity contribution in [2.24, 2.45) is 10.8 Å². The molecule has 0 aliphatic carbocycles. The van der Waals surface area contributed by atoms with Gasteiger partial charge in [-0.25, -0.2) is 0 Å². The number of hydrogen-bond donors (Lipinski definition) is 3. The van der Waals surface area contributed by atoms with Gasteiger partial charge in [-0.2, -0.15) is 0 Å². The maximum Gasteiger partial charge on any atom is 0.311 e. The lowest BCUT2D eigenvalue weighted by Gasteiger charge is -2.22. The number of esters is 1. The zero-order valence-electron chi connectivity index (χ0n) is 17.8. The topological polar surface area (TPSA) is 104 Å². The standard InChI is InChI=1S/C21H40O6/c1-6-27-19(26)21(4,5)15-9-13-17(23)11-7-10-16(22)12-8-14-20(2,3)18(24)25/h16-17,22-23H,6-15H2,1-5H3,(H,24,25). The lowest BCUT2D eigenvalue weighted by molar-refractivity contribution is -0.154. The van der Waals surface area contributed by atoms with E-state index in [2.05, 4.69) is 0 Å². The molecule has 0 bridgehead atoms. The Morgan fingerprint density at radius 1 is 0.815 bits per heavy atom. The first-order valence-corrected chi connectivity index (χ1v) is 10.2. The lowest BCUT2D eigenvalue weighted by Crippen LogP contribution is -2.27. The summed E-state index contributed by atoms with van der Waals surface area (Å²) in [4.78, 5) is 22.9. The average molecular weight is 389 g/mol. The molecule has 0 radical (unpaired) electrons. The summed E-state index contributed by atoms with van der Waals surface area (Å²) in [6, 6.07) is 0. The van der Waals surface area contributed by atoms with E-state index in [1.807, 2.05) is 13.8 Å². The van der Waals surface area contributed by atoms with Crippen molar-refractivity contribution in [3.05, 3.63) is 0 Å². The van der Waals surface area contributed by atoms with Crippen LogP contribution in [0.1, 0.15) is 92.4 Å². The SMILES string of the molecule is CCOC(=O)C(C)(C)CCCC(O)CCCC(O)CCCC(C)(C)C(=O)O. The highest BCUT2D eigenvalue weighted by Gasteiger charge is 2.29. The summed E-state index contributed by atoms with van der Waals surface area (Å²) in [6.07, 6.45) is 4.93. The minimum Gasteiger partial charge on any atom is -0.481 e. The third-order valence-corrected chi connectivity index (χ3v) is 5.16. The van der Waals surface area contributed by atoms with Gasteiger partial charge in [0.1, 0.15) is 0 Å². The Kier molecular flexibility index (Phi) is 11.8. The molecule has 0 aliphatic rings. The number of aliphatic carboxylic acids is 1. The number of hydrogen-bond acceptors (Lipinski definition) is 5. The molecule has 0 aromatic carbocycles. The number of carboxylic acid groups (broad SMARTS) is 1. The van der Waals surface area contributed by atoms with Crippen LogP contribution in [0.5, 0.6) is 0 Å². The molecule has 160 valence electrons. The Hall–Kier alpha value is -1.14. The van der Waals surface area contributed by atoms with Gasteiger partial charge in [-0.1, -0.05) is 0 Å². The third kappa shape index (κ3) is 11.3. The number of carbonyl (C=O) groups excluding carboxylic acids is 1. The molecule has 0 aromatic heterocycles. The van der Waals surface area contributed by atoms with Crippen molar-refractivity contribution in [2.45, 2.75) is 105 Å². The van der Waals surface area contributed by atoms with Crippen LogP contribution in [-0.2, 0) is 14.3 Å². The van der Waals surface area contributed by atoms with E-state index in [4.69, 9.17) is 9.84 Å². The zero-order chi connectivity index (χ0) is 21.1. The van der Waals surface area contributed by atoms with Crippen molar-refractivity contribution < 1.29 is 29.6 Å². The van der Waals surface area contributed by atoms with Crippen LogP contribution in [0.3, 0.4) is 0 Å². The highest BCUT2D eigenvalue weighted by Crippen LogP contribution is 2.26. The fourth-order valence-corrected chi connectivity index (χ4v) is 2.97. The summed E-state index contributed by atoms with van der Waals surface area (Å²) >= 11 is 0. The van der Waals surface area contributed by atoms with Gasteiger partial charge in [-0.15, -0.1) is 0 Å². The third-order valence-electron chi connectivity index (χ3n) is 5.16. The molecule has 27 heavy (non-hydrogen) atoms. The second kappa shape index (κ2) is 12.3. The zero-order valence-corrected chi connectivity index (χ0v) is 17.8. The lowest BCUT2D eigenvalue weighted by atomic mass is 9.86. The first-order valence-electron chi connectivity index (χ1n) is 10.2. The van der Waals surface area contributed by atoms with Crippen LogP contribution < -0.4 is 0 Å². The van der Waals surface area contributed by atoms with Gasteiger partial charge in [0.25, 0.3) is 0 Å². The van der Waals surface area contributed by atoms with Gasteiger partial charge in [0, 0.05) is 0 Å². The van der Waals surface area contributed by atoms with Crippen LogP contribution in [0.4, 0.5) is 0 Å². The van der Waals surface area contributed by atoms with Crippen molar-refractivity contribution in [3.8, 4) is 0 Å². The largest absolute Gasteiger partial charge is 0.481 e. The molecule has 0 rings (SSSR count). The Balaban J connectivity index is 3.89. The van der Waals surface area contributed by atoms with Gasteiger partial charge in [0.05, 0.1) is 29.6 Å². The Morgan fingerprint density at radius 3 is 1.63 bits per heavy atom. The van der Waals surface area contributed by atoms with E-state index < -0.39 is 29.0 Å². The van der Waals surface area contributed by atoms with E-state index in [1.54, 1.807) is 20.8 Å². The summed E-state index contributed by atoms with van der Waals surface area (Å²) in [5, 5.41) is 29.2. The normalized spacial score (nSPS) is 14.6. The number of carbonyl (C=O) groups is 2. The Morgan fingerprint density at radius 2 is 1.22 bits per heavy atom. The molecule has 6 heteroatoms. The van der Waals surface area contributed by atoms with Crippen LogP contribution >= 0.6 is 0 Å². The van der Waals surface area contributed by atoms with E-state index in [9.17, 15) is 19.8 Å². The maximum atomic E-state index is 11.8. The monoisotopic (exact) mass is 388 g/mol. The molecule has 0 amide bonds. The molecule has 0 heterocycles. The fraction of sp³-hybridized carbons (Fsp3) is 0.905. The molecule has 0 aromatic rings. The maximum absolute atomic E-state index is 11.8. The summed E-state index contributed by atoms with van der Waals surface area (Å²) < 4.78 is 5.06. The quantitative estimate of drug-likeness (QED) is 0.367. The predicted molar refractivity (Wildman–Crippen MR) is 105 cm³/mol. The van der Waals surface area contributed by atoms with Crippen molar-refractivity contribution in [1.82, 2.24) is 0 Å². The highest BCUT2D eigenvalue weighted by molar-refractivity contribution is 5.75. The molecule has 3 N–H and O–H groups in total. The fourth-order valence-electron chi connectivity index (χ4n) is 2.97. The summed E-state index contributed by atoms with van der Waals surface area (Å²) in [5.74, 6) is -1.01. The molecule has 0 fully saturated rings. The molecule has 0 aliphatic heterocycles. The molecule has 0 saturated heterocycles. The van der Waals surface area contributed by atoms with E-state index in [1.165, 1.54) is 0 Å². The minimum atomic E-state index is -0.814. The number of carboxylic acids is 1. The Bertz CT molecular complexity index is 444. The minimum absolute atomic E-state index is 0.200. The summed E-state index contributed by atoms with van der Waals surface area (Å²) in [5.41, 5.74) is -1.29. The molecular weight excluding hydrogens is 348 g/mol. The van der Waals surface area contributed by atoms with Crippen molar-refractivity contribution in [1.29, 1.82) is 0 Å². The highest BCUT2D eigenvalue weighted by atomic mass is 16.5. The van der Waals surface area contributed by atoms with Gasteiger partial charge in [-0.3, -0.25) is 9.59 Å². The smallest absolute Gasteiger partial charge is 0.311 e. The molecule has 2 unspecified atom stereocenters. The second-order valence-corrected chi connectivity index (χ2v) is 8.82. The van der Waals surface area contributed by atoms with Crippen LogP contribution in [0.2, 0.25) is 0 Å². The van der Waals surface area contributed by atoms with E-state index in [0.717, 1.165) is 12.8 Å². The van der Waals surface area contributed by atoms with E-state index in [-0.39, 0.29) is 5.97 Å². The van der Waals surface area contributed by atoms with Gasteiger partial charge >= 0.3 is 11.9 Å². The van der Waals surface area contributed by atoms with Gasteiger partial charge in [0.15, 0.2) is 0 Å². The Labute approximate surface area is 164 Å². The van der Waals surface area contributed by atoms with Crippen LogP contribution in [0.15, 0.2) is 0 Å². The number of aliphatic hydroxyl groups is 2. The predicted octanol–water partition coefficient (Wildman–Crippen LogP) is 3.92. The summed E-state index contributed by atoms with van der Waals surface area (Å²) in [7, 11) is 0. The number of ether oxygens (including phenoxy) is 1.